The number of carbonyl (C=O) groups is 1. The summed E-state index contributed by atoms with van der Waals surface area (Å²) in [4.78, 5) is 17.3. The van der Waals surface area contributed by atoms with Crippen molar-refractivity contribution in [3.63, 3.8) is 0 Å². The molecule has 3 fully saturated rings. The van der Waals surface area contributed by atoms with E-state index in [4.69, 9.17) is 20.9 Å². The fourth-order valence-electron chi connectivity index (χ4n) is 5.73. The minimum absolute atomic E-state index is 0.132. The van der Waals surface area contributed by atoms with Crippen LogP contribution in [0.1, 0.15) is 57.8 Å². The number of nitrogens with zero attached hydrogens (tertiary/aromatic N) is 3. The summed E-state index contributed by atoms with van der Waals surface area (Å²) in [5, 5.41) is 9.28. The third-order valence-electron chi connectivity index (χ3n) is 7.84. The first-order chi connectivity index (χ1) is 16.6. The van der Waals surface area contributed by atoms with Gasteiger partial charge < -0.3 is 19.5 Å². The largest absolute Gasteiger partial charge is 0.378 e. The molecule has 0 spiro atoms. The van der Waals surface area contributed by atoms with E-state index in [0.29, 0.717) is 17.5 Å². The summed E-state index contributed by atoms with van der Waals surface area (Å²) in [6.45, 7) is 6.00. The summed E-state index contributed by atoms with van der Waals surface area (Å²) in [5.41, 5.74) is 0.749. The Morgan fingerprint density at radius 3 is 2.68 bits per heavy atom. The van der Waals surface area contributed by atoms with Crippen LogP contribution in [-0.4, -0.2) is 67.4 Å². The molecule has 1 N–H and O–H groups in total. The number of rotatable bonds is 7. The zero-order valence-corrected chi connectivity index (χ0v) is 20.8. The standard InChI is InChI=1S/C26H37ClN4O3/c27-20-6-9-23-24(17-20)34-29-26(23)31-14-12-30(13-15-31)11-10-19-4-7-21(8-5-19)28-25(32)18-22-3-1-2-16-33-22/h6,9,17,19,21-22H,1-5,7-8,10-16,18H2,(H,28,32)/t19-,21-,22-/m0/s1. The predicted molar refractivity (Wildman–Crippen MR) is 134 cm³/mol. The van der Waals surface area contributed by atoms with Gasteiger partial charge in [0.15, 0.2) is 11.4 Å². The Morgan fingerprint density at radius 1 is 1.09 bits per heavy atom. The number of halogens is 1. The van der Waals surface area contributed by atoms with Gasteiger partial charge in [-0.05, 0) is 76.0 Å². The molecule has 0 bridgehead atoms. The highest BCUT2D eigenvalue weighted by Crippen LogP contribution is 2.30. The van der Waals surface area contributed by atoms with Crippen LogP contribution >= 0.6 is 11.6 Å². The van der Waals surface area contributed by atoms with Crippen LogP contribution in [0.5, 0.6) is 0 Å². The minimum atomic E-state index is 0.132. The number of carbonyl (C=O) groups excluding carboxylic acids is 1. The molecule has 0 unspecified atom stereocenters. The molecule has 3 heterocycles. The van der Waals surface area contributed by atoms with Crippen molar-refractivity contribution in [2.24, 2.45) is 5.92 Å². The smallest absolute Gasteiger partial charge is 0.222 e. The second kappa shape index (κ2) is 11.3. The van der Waals surface area contributed by atoms with E-state index in [-0.39, 0.29) is 12.0 Å². The molecule has 1 saturated carbocycles. The SMILES string of the molecule is O=C(C[C@@H]1CCCCO1)N[C@H]1CC[C@H](CCN2CCN(c3noc4cc(Cl)ccc34)CC2)CC1. The Labute approximate surface area is 207 Å². The van der Waals surface area contributed by atoms with Crippen molar-refractivity contribution in [2.75, 3.05) is 44.2 Å². The molecule has 1 amide bonds. The number of nitrogens with one attached hydrogen (secondary N) is 1. The third kappa shape index (κ3) is 6.04. The van der Waals surface area contributed by atoms with Crippen molar-refractivity contribution in [2.45, 2.75) is 69.9 Å². The predicted octanol–water partition coefficient (Wildman–Crippen LogP) is 4.63. The van der Waals surface area contributed by atoms with Crippen molar-refractivity contribution in [1.82, 2.24) is 15.4 Å². The second-order valence-electron chi connectivity index (χ2n) is 10.2. The van der Waals surface area contributed by atoms with Crippen molar-refractivity contribution in [3.05, 3.63) is 23.2 Å². The van der Waals surface area contributed by atoms with Crippen LogP contribution in [0.25, 0.3) is 11.0 Å². The van der Waals surface area contributed by atoms with Gasteiger partial charge in [-0.15, -0.1) is 0 Å². The van der Waals surface area contributed by atoms with E-state index in [0.717, 1.165) is 87.7 Å². The molecule has 1 aromatic carbocycles. The highest BCUT2D eigenvalue weighted by atomic mass is 35.5. The number of anilines is 1. The van der Waals surface area contributed by atoms with Gasteiger partial charge >= 0.3 is 0 Å². The number of hydrogen-bond donors (Lipinski definition) is 1. The van der Waals surface area contributed by atoms with Crippen molar-refractivity contribution in [1.29, 1.82) is 0 Å². The number of piperazine rings is 1. The maximum atomic E-state index is 12.4. The summed E-state index contributed by atoms with van der Waals surface area (Å²) in [7, 11) is 0. The molecule has 2 aromatic rings. The molecule has 34 heavy (non-hydrogen) atoms. The van der Waals surface area contributed by atoms with E-state index < -0.39 is 0 Å². The van der Waals surface area contributed by atoms with Gasteiger partial charge in [0.2, 0.25) is 5.91 Å². The Morgan fingerprint density at radius 2 is 1.91 bits per heavy atom. The number of benzene rings is 1. The molecule has 7 nitrogen and oxygen atoms in total. The fraction of sp³-hybridized carbons (Fsp3) is 0.692. The number of aromatic nitrogens is 1. The van der Waals surface area contributed by atoms with Crippen LogP contribution < -0.4 is 10.2 Å². The topological polar surface area (TPSA) is 70.8 Å². The molecule has 5 rings (SSSR count). The van der Waals surface area contributed by atoms with Crippen molar-refractivity contribution < 1.29 is 14.1 Å². The molecular formula is C26H37ClN4O3. The van der Waals surface area contributed by atoms with Crippen LogP contribution in [0.4, 0.5) is 5.82 Å². The molecule has 1 aliphatic carbocycles. The van der Waals surface area contributed by atoms with Gasteiger partial charge in [0.25, 0.3) is 0 Å². The average Bonchev–Trinajstić information content (AvgIpc) is 3.27. The van der Waals surface area contributed by atoms with Gasteiger partial charge in [0, 0.05) is 49.9 Å². The zero-order chi connectivity index (χ0) is 23.3. The highest BCUT2D eigenvalue weighted by molar-refractivity contribution is 6.31. The highest BCUT2D eigenvalue weighted by Gasteiger charge is 2.26. The third-order valence-corrected chi connectivity index (χ3v) is 8.07. The Balaban J connectivity index is 0.992. The fourth-order valence-corrected chi connectivity index (χ4v) is 5.89. The molecule has 1 atom stereocenters. The zero-order valence-electron chi connectivity index (χ0n) is 20.0. The van der Waals surface area contributed by atoms with E-state index >= 15 is 0 Å². The van der Waals surface area contributed by atoms with E-state index in [9.17, 15) is 4.79 Å². The van der Waals surface area contributed by atoms with E-state index in [1.54, 1.807) is 0 Å². The summed E-state index contributed by atoms with van der Waals surface area (Å²) in [6, 6.07) is 6.07. The normalized spacial score (nSPS) is 26.6. The van der Waals surface area contributed by atoms with Gasteiger partial charge in [-0.2, -0.15) is 0 Å². The maximum absolute atomic E-state index is 12.4. The first kappa shape index (κ1) is 23.9. The van der Waals surface area contributed by atoms with Crippen LogP contribution in [0.3, 0.4) is 0 Å². The lowest BCUT2D eigenvalue weighted by atomic mass is 9.84. The molecule has 186 valence electrons. The van der Waals surface area contributed by atoms with Gasteiger partial charge in [-0.1, -0.05) is 16.8 Å². The summed E-state index contributed by atoms with van der Waals surface area (Å²) >= 11 is 6.07. The lowest BCUT2D eigenvalue weighted by molar-refractivity contribution is -0.125. The summed E-state index contributed by atoms with van der Waals surface area (Å²) in [5.74, 6) is 1.88. The minimum Gasteiger partial charge on any atom is -0.378 e. The van der Waals surface area contributed by atoms with Crippen LogP contribution in [0, 0.1) is 5.92 Å². The Kier molecular flexibility index (Phi) is 7.92. The van der Waals surface area contributed by atoms with Gasteiger partial charge in [0.1, 0.15) is 0 Å². The number of hydrogen-bond acceptors (Lipinski definition) is 6. The molecule has 2 aliphatic heterocycles. The van der Waals surface area contributed by atoms with Gasteiger partial charge in [-0.25, -0.2) is 0 Å². The van der Waals surface area contributed by atoms with Crippen LogP contribution in [0.15, 0.2) is 22.7 Å². The monoisotopic (exact) mass is 488 g/mol. The van der Waals surface area contributed by atoms with Crippen molar-refractivity contribution >= 4 is 34.3 Å². The number of ether oxygens (including phenoxy) is 1. The molecule has 8 heteroatoms. The molecule has 1 aromatic heterocycles. The summed E-state index contributed by atoms with van der Waals surface area (Å²) in [6.07, 6.45) is 9.92. The maximum Gasteiger partial charge on any atom is 0.222 e. The van der Waals surface area contributed by atoms with E-state index in [2.05, 4.69) is 20.3 Å². The van der Waals surface area contributed by atoms with Crippen molar-refractivity contribution in [3.8, 4) is 0 Å². The Bertz CT molecular complexity index is 945. The second-order valence-corrected chi connectivity index (χ2v) is 10.7. The molecule has 3 aliphatic rings. The van der Waals surface area contributed by atoms with Gasteiger partial charge in [-0.3, -0.25) is 9.69 Å². The van der Waals surface area contributed by atoms with E-state index in [1.807, 2.05) is 18.2 Å². The molecule has 0 radical (unpaired) electrons. The lowest BCUT2D eigenvalue weighted by Gasteiger charge is -2.36. The number of fused-ring (bicyclic) bond motifs is 1. The summed E-state index contributed by atoms with van der Waals surface area (Å²) < 4.78 is 11.2. The molecule has 2 saturated heterocycles. The first-order valence-corrected chi connectivity index (χ1v) is 13.4. The number of amides is 1. The van der Waals surface area contributed by atoms with Crippen LogP contribution in [-0.2, 0) is 9.53 Å². The van der Waals surface area contributed by atoms with E-state index in [1.165, 1.54) is 25.7 Å². The molecular weight excluding hydrogens is 452 g/mol. The Hall–Kier alpha value is -1.83. The van der Waals surface area contributed by atoms with Gasteiger partial charge in [0.05, 0.1) is 17.9 Å². The first-order valence-electron chi connectivity index (χ1n) is 13.1. The quantitative estimate of drug-likeness (QED) is 0.612. The average molecular weight is 489 g/mol. The van der Waals surface area contributed by atoms with Crippen LogP contribution in [0.2, 0.25) is 5.02 Å². The lowest BCUT2D eigenvalue weighted by Crippen LogP contribution is -2.47.